The van der Waals surface area contributed by atoms with Gasteiger partial charge in [-0.1, -0.05) is 30.3 Å². The Morgan fingerprint density at radius 1 is 0.909 bits per heavy atom. The maximum atomic E-state index is 5.51. The van der Waals surface area contributed by atoms with E-state index < -0.39 is 0 Å². The first kappa shape index (κ1) is 13.2. The lowest BCUT2D eigenvalue weighted by Crippen LogP contribution is -2.27. The molecule has 3 aromatic rings. The molecular formula is C16H17N5O. The number of rotatable bonds is 2. The maximum Gasteiger partial charge on any atom is 0.185 e. The van der Waals surface area contributed by atoms with Crippen molar-refractivity contribution in [2.45, 2.75) is 6.42 Å². The Morgan fingerprint density at radius 3 is 2.73 bits per heavy atom. The highest BCUT2D eigenvalue weighted by Gasteiger charge is 2.14. The van der Waals surface area contributed by atoms with Gasteiger partial charge in [-0.3, -0.25) is 0 Å². The lowest BCUT2D eigenvalue weighted by atomic mass is 10.2. The molecule has 0 spiro atoms. The molecule has 22 heavy (non-hydrogen) atoms. The molecule has 6 heteroatoms. The number of anilines is 1. The van der Waals surface area contributed by atoms with Crippen LogP contribution in [0.3, 0.4) is 0 Å². The Labute approximate surface area is 128 Å². The van der Waals surface area contributed by atoms with Crippen LogP contribution in [0.25, 0.3) is 17.0 Å². The van der Waals surface area contributed by atoms with Gasteiger partial charge in [-0.2, -0.15) is 4.52 Å². The normalized spacial score (nSPS) is 15.9. The lowest BCUT2D eigenvalue weighted by molar-refractivity contribution is 0.152. The average molecular weight is 295 g/mol. The van der Waals surface area contributed by atoms with Crippen LogP contribution in [-0.4, -0.2) is 46.1 Å². The second-order valence-corrected chi connectivity index (χ2v) is 5.30. The van der Waals surface area contributed by atoms with Gasteiger partial charge in [0.25, 0.3) is 0 Å². The second-order valence-electron chi connectivity index (χ2n) is 5.30. The summed E-state index contributed by atoms with van der Waals surface area (Å²) < 4.78 is 7.33. The Balaban J connectivity index is 1.76. The number of hydrogen-bond acceptors (Lipinski definition) is 5. The minimum Gasteiger partial charge on any atom is -0.380 e. The summed E-state index contributed by atoms with van der Waals surface area (Å²) in [6.07, 6.45) is 1.02. The maximum absolute atomic E-state index is 5.51. The van der Waals surface area contributed by atoms with E-state index in [1.807, 2.05) is 47.0 Å². The molecule has 1 aromatic carbocycles. The van der Waals surface area contributed by atoms with Crippen LogP contribution in [0.1, 0.15) is 6.42 Å². The highest BCUT2D eigenvalue weighted by Crippen LogP contribution is 2.19. The van der Waals surface area contributed by atoms with E-state index in [1.54, 1.807) is 0 Å². The van der Waals surface area contributed by atoms with Gasteiger partial charge in [0.2, 0.25) is 0 Å². The van der Waals surface area contributed by atoms with E-state index in [4.69, 9.17) is 9.84 Å². The number of aromatic nitrogens is 4. The molecule has 0 radical (unpaired) electrons. The van der Waals surface area contributed by atoms with Crippen molar-refractivity contribution in [2.24, 2.45) is 0 Å². The summed E-state index contributed by atoms with van der Waals surface area (Å²) in [4.78, 5) is 2.25. The third-order valence-electron chi connectivity index (χ3n) is 3.83. The smallest absolute Gasteiger partial charge is 0.185 e. The summed E-state index contributed by atoms with van der Waals surface area (Å²) in [7, 11) is 0. The molecule has 0 N–H and O–H groups in total. The van der Waals surface area contributed by atoms with Crippen LogP contribution in [-0.2, 0) is 4.74 Å². The van der Waals surface area contributed by atoms with Crippen LogP contribution in [0.2, 0.25) is 0 Å². The molecule has 112 valence electrons. The quantitative estimate of drug-likeness (QED) is 0.724. The first-order valence-corrected chi connectivity index (χ1v) is 7.52. The fraction of sp³-hybridized carbons (Fsp3) is 0.312. The molecule has 0 saturated carbocycles. The standard InChI is InChI=1S/C16H17N5O/c1-2-5-13(6-3-1)16-18-17-14-7-8-15(19-21(14)16)20-9-4-11-22-12-10-20/h1-3,5-8H,4,9-12H2. The highest BCUT2D eigenvalue weighted by molar-refractivity contribution is 5.59. The van der Waals surface area contributed by atoms with Gasteiger partial charge in [0.15, 0.2) is 11.5 Å². The molecule has 1 fully saturated rings. The predicted octanol–water partition coefficient (Wildman–Crippen LogP) is 2.02. The predicted molar refractivity (Wildman–Crippen MR) is 83.9 cm³/mol. The largest absolute Gasteiger partial charge is 0.380 e. The van der Waals surface area contributed by atoms with Gasteiger partial charge in [0.1, 0.15) is 5.82 Å². The fourth-order valence-electron chi connectivity index (χ4n) is 2.69. The molecule has 6 nitrogen and oxygen atoms in total. The van der Waals surface area contributed by atoms with Gasteiger partial charge >= 0.3 is 0 Å². The van der Waals surface area contributed by atoms with Crippen molar-refractivity contribution >= 4 is 11.5 Å². The van der Waals surface area contributed by atoms with Gasteiger partial charge < -0.3 is 9.64 Å². The van der Waals surface area contributed by atoms with Gasteiger partial charge in [-0.05, 0) is 18.6 Å². The highest BCUT2D eigenvalue weighted by atomic mass is 16.5. The van der Waals surface area contributed by atoms with Crippen molar-refractivity contribution in [3.8, 4) is 11.4 Å². The molecule has 0 aliphatic carbocycles. The molecule has 3 heterocycles. The third kappa shape index (κ3) is 2.42. The zero-order chi connectivity index (χ0) is 14.8. The molecule has 1 aliphatic rings. The van der Waals surface area contributed by atoms with E-state index in [9.17, 15) is 0 Å². The van der Waals surface area contributed by atoms with E-state index in [0.29, 0.717) is 0 Å². The molecule has 0 bridgehead atoms. The third-order valence-corrected chi connectivity index (χ3v) is 3.83. The van der Waals surface area contributed by atoms with Crippen LogP contribution in [0, 0.1) is 0 Å². The summed E-state index contributed by atoms with van der Waals surface area (Å²) >= 11 is 0. The number of benzene rings is 1. The van der Waals surface area contributed by atoms with Gasteiger partial charge in [0, 0.05) is 25.3 Å². The topological polar surface area (TPSA) is 55.5 Å². The van der Waals surface area contributed by atoms with Crippen molar-refractivity contribution in [3.63, 3.8) is 0 Å². The lowest BCUT2D eigenvalue weighted by Gasteiger charge is -2.20. The molecule has 1 aliphatic heterocycles. The van der Waals surface area contributed by atoms with E-state index in [1.165, 1.54) is 0 Å². The molecule has 0 atom stereocenters. The molecule has 1 saturated heterocycles. The number of ether oxygens (including phenoxy) is 1. The summed E-state index contributed by atoms with van der Waals surface area (Å²) in [5.74, 6) is 1.71. The first-order chi connectivity index (χ1) is 10.9. The molecular weight excluding hydrogens is 278 g/mol. The fourth-order valence-corrected chi connectivity index (χ4v) is 2.69. The minimum absolute atomic E-state index is 0.743. The van der Waals surface area contributed by atoms with Crippen molar-refractivity contribution in [1.82, 2.24) is 19.8 Å². The zero-order valence-electron chi connectivity index (χ0n) is 12.2. The Hall–Kier alpha value is -2.47. The van der Waals surface area contributed by atoms with Crippen LogP contribution in [0.15, 0.2) is 42.5 Å². The van der Waals surface area contributed by atoms with Crippen LogP contribution < -0.4 is 4.90 Å². The molecule has 2 aromatic heterocycles. The zero-order valence-corrected chi connectivity index (χ0v) is 12.2. The molecule has 0 amide bonds. The van der Waals surface area contributed by atoms with E-state index in [0.717, 1.165) is 55.6 Å². The molecule has 0 unspecified atom stereocenters. The van der Waals surface area contributed by atoms with E-state index in [-0.39, 0.29) is 0 Å². The Kier molecular flexibility index (Phi) is 3.44. The van der Waals surface area contributed by atoms with Crippen LogP contribution in [0.5, 0.6) is 0 Å². The van der Waals surface area contributed by atoms with E-state index >= 15 is 0 Å². The molecule has 4 rings (SSSR count). The van der Waals surface area contributed by atoms with Crippen LogP contribution in [0.4, 0.5) is 5.82 Å². The summed E-state index contributed by atoms with van der Waals surface area (Å²) in [5, 5.41) is 13.2. The van der Waals surface area contributed by atoms with Crippen LogP contribution >= 0.6 is 0 Å². The summed E-state index contributed by atoms with van der Waals surface area (Å²) in [6.45, 7) is 3.39. The summed E-state index contributed by atoms with van der Waals surface area (Å²) in [5.41, 5.74) is 1.77. The Bertz CT molecular complexity index is 763. The van der Waals surface area contributed by atoms with Crippen molar-refractivity contribution in [1.29, 1.82) is 0 Å². The number of hydrogen-bond donors (Lipinski definition) is 0. The Morgan fingerprint density at radius 2 is 1.82 bits per heavy atom. The number of nitrogens with zero attached hydrogens (tertiary/aromatic N) is 5. The minimum atomic E-state index is 0.743. The SMILES string of the molecule is c1ccc(-c2nnc3ccc(N4CCCOCC4)nn23)cc1. The van der Waals surface area contributed by atoms with Gasteiger partial charge in [-0.15, -0.1) is 15.3 Å². The van der Waals surface area contributed by atoms with Crippen molar-refractivity contribution in [3.05, 3.63) is 42.5 Å². The van der Waals surface area contributed by atoms with Crippen molar-refractivity contribution in [2.75, 3.05) is 31.2 Å². The van der Waals surface area contributed by atoms with E-state index in [2.05, 4.69) is 15.1 Å². The average Bonchev–Trinajstić information content (AvgIpc) is 2.80. The number of fused-ring (bicyclic) bond motifs is 1. The summed E-state index contributed by atoms with van der Waals surface area (Å²) in [6, 6.07) is 14.0. The van der Waals surface area contributed by atoms with Gasteiger partial charge in [-0.25, -0.2) is 0 Å². The van der Waals surface area contributed by atoms with Crippen molar-refractivity contribution < 1.29 is 4.74 Å². The first-order valence-electron chi connectivity index (χ1n) is 7.52. The second kappa shape index (κ2) is 5.73. The monoisotopic (exact) mass is 295 g/mol. The van der Waals surface area contributed by atoms with Gasteiger partial charge in [0.05, 0.1) is 6.61 Å².